The minimum atomic E-state index is -1.28. The molecular weight excluding hydrogens is 524 g/mol. The molecule has 0 aliphatic carbocycles. The summed E-state index contributed by atoms with van der Waals surface area (Å²) >= 11 is 0. The van der Waals surface area contributed by atoms with Gasteiger partial charge in [0.05, 0.1) is 34.9 Å². The third-order valence-electron chi connectivity index (χ3n) is 6.98. The number of hydrogen-bond donors (Lipinski definition) is 2. The zero-order valence-electron chi connectivity index (χ0n) is 21.9. The van der Waals surface area contributed by atoms with Gasteiger partial charge in [0.15, 0.2) is 11.5 Å². The van der Waals surface area contributed by atoms with Gasteiger partial charge in [-0.3, -0.25) is 0 Å². The Balaban J connectivity index is 1.57. The molecule has 0 atom stereocenters. The molecule has 0 saturated heterocycles. The Morgan fingerprint density at radius 2 is 1.22 bits per heavy atom. The number of aromatic hydroxyl groups is 2. The van der Waals surface area contributed by atoms with E-state index < -0.39 is 17.2 Å². The van der Waals surface area contributed by atoms with E-state index in [1.165, 1.54) is 7.11 Å². The summed E-state index contributed by atoms with van der Waals surface area (Å²) in [5.41, 5.74) is -0.561. The van der Waals surface area contributed by atoms with Crippen molar-refractivity contribution in [3.05, 3.63) is 140 Å². The van der Waals surface area contributed by atoms with Gasteiger partial charge >= 0.3 is 11.3 Å². The lowest BCUT2D eigenvalue weighted by atomic mass is 9.84. The molecule has 0 spiro atoms. The SMILES string of the molecule is COc1cc(C(c2c(O)c3ccccc3oc2=O)c2c(O)c3ccccc3oc2=O)ccc1OCc1ccccc1. The van der Waals surface area contributed by atoms with Crippen LogP contribution >= 0.6 is 0 Å². The molecule has 6 aromatic rings. The van der Waals surface area contributed by atoms with E-state index in [0.717, 1.165) is 5.56 Å². The summed E-state index contributed by atoms with van der Waals surface area (Å²) in [5.74, 6) is -1.30. The highest BCUT2D eigenvalue weighted by Gasteiger charge is 2.33. The van der Waals surface area contributed by atoms with Gasteiger partial charge in [0, 0.05) is 0 Å². The molecule has 0 bridgehead atoms. The van der Waals surface area contributed by atoms with Gasteiger partial charge in [-0.15, -0.1) is 0 Å². The molecule has 0 radical (unpaired) electrons. The molecule has 0 aliphatic heterocycles. The number of rotatable bonds is 7. The minimum Gasteiger partial charge on any atom is -0.507 e. The van der Waals surface area contributed by atoms with Crippen LogP contribution < -0.4 is 20.7 Å². The molecule has 0 fully saturated rings. The van der Waals surface area contributed by atoms with Crippen LogP contribution in [0.3, 0.4) is 0 Å². The Morgan fingerprint density at radius 3 is 1.78 bits per heavy atom. The molecule has 0 aliphatic rings. The first-order valence-electron chi connectivity index (χ1n) is 12.8. The summed E-state index contributed by atoms with van der Waals surface area (Å²) in [4.78, 5) is 26.8. The van der Waals surface area contributed by atoms with Crippen LogP contribution in [0.15, 0.2) is 115 Å². The fraction of sp³-hybridized carbons (Fsp3) is 0.0909. The zero-order valence-corrected chi connectivity index (χ0v) is 21.9. The van der Waals surface area contributed by atoms with Crippen LogP contribution in [0.4, 0.5) is 0 Å². The van der Waals surface area contributed by atoms with Gasteiger partial charge in [0.25, 0.3) is 0 Å². The molecular formula is C33H24O8. The normalized spacial score (nSPS) is 11.3. The molecule has 0 saturated carbocycles. The molecule has 4 aromatic carbocycles. The fourth-order valence-electron chi connectivity index (χ4n) is 5.00. The summed E-state index contributed by atoms with van der Waals surface area (Å²) in [7, 11) is 1.47. The van der Waals surface area contributed by atoms with Gasteiger partial charge in [-0.05, 0) is 47.5 Å². The highest BCUT2D eigenvalue weighted by molar-refractivity contribution is 5.87. The van der Waals surface area contributed by atoms with Crippen LogP contribution in [0.1, 0.15) is 28.2 Å². The molecule has 6 rings (SSSR count). The van der Waals surface area contributed by atoms with Gasteiger partial charge in [-0.25, -0.2) is 9.59 Å². The quantitative estimate of drug-likeness (QED) is 0.231. The zero-order chi connectivity index (χ0) is 28.5. The number of hydrogen-bond acceptors (Lipinski definition) is 8. The predicted octanol–water partition coefficient (Wildman–Crippen LogP) is 6.08. The monoisotopic (exact) mass is 548 g/mol. The molecule has 8 heteroatoms. The van der Waals surface area contributed by atoms with E-state index in [4.69, 9.17) is 18.3 Å². The summed E-state index contributed by atoms with van der Waals surface area (Å²) in [6.45, 7) is 0.282. The Kier molecular flexibility index (Phi) is 6.65. The van der Waals surface area contributed by atoms with E-state index in [-0.39, 0.29) is 51.2 Å². The Hall–Kier alpha value is -5.50. The maximum absolute atomic E-state index is 13.4. The largest absolute Gasteiger partial charge is 0.507 e. The van der Waals surface area contributed by atoms with Gasteiger partial charge in [0.1, 0.15) is 29.3 Å². The van der Waals surface area contributed by atoms with Crippen LogP contribution in [0.25, 0.3) is 21.9 Å². The highest BCUT2D eigenvalue weighted by Crippen LogP contribution is 2.43. The second-order valence-electron chi connectivity index (χ2n) is 9.41. The van der Waals surface area contributed by atoms with Crippen LogP contribution in [0.5, 0.6) is 23.0 Å². The maximum atomic E-state index is 13.4. The Morgan fingerprint density at radius 1 is 0.683 bits per heavy atom. The van der Waals surface area contributed by atoms with Crippen LogP contribution in [-0.4, -0.2) is 17.3 Å². The number of para-hydroxylation sites is 2. The maximum Gasteiger partial charge on any atom is 0.344 e. The number of methoxy groups -OCH3 is 1. The van der Waals surface area contributed by atoms with Crippen molar-refractivity contribution in [1.82, 2.24) is 0 Å². The molecule has 41 heavy (non-hydrogen) atoms. The van der Waals surface area contributed by atoms with Crippen molar-refractivity contribution in [3.8, 4) is 23.0 Å². The standard InChI is InChI=1S/C33H24O8/c1-38-26-17-20(15-16-25(26)39-18-19-9-3-2-4-10-19)27(28-30(34)21-11-5-7-13-23(21)40-32(28)36)29-31(35)22-12-6-8-14-24(22)41-33(29)37/h2-17,27,34-35H,18H2,1H3. The molecule has 204 valence electrons. The van der Waals surface area contributed by atoms with Crippen molar-refractivity contribution in [3.63, 3.8) is 0 Å². The summed E-state index contributed by atoms with van der Waals surface area (Å²) in [6.07, 6.45) is 0. The summed E-state index contributed by atoms with van der Waals surface area (Å²) < 4.78 is 22.7. The average Bonchev–Trinajstić information content (AvgIpc) is 2.99. The van der Waals surface area contributed by atoms with Gasteiger partial charge in [-0.1, -0.05) is 60.7 Å². The van der Waals surface area contributed by atoms with Crippen molar-refractivity contribution in [1.29, 1.82) is 0 Å². The summed E-state index contributed by atoms with van der Waals surface area (Å²) in [6, 6.07) is 27.5. The van der Waals surface area contributed by atoms with E-state index in [1.807, 2.05) is 30.3 Å². The minimum absolute atomic E-state index is 0.175. The molecule has 8 nitrogen and oxygen atoms in total. The van der Waals surface area contributed by atoms with Crippen molar-refractivity contribution in [2.75, 3.05) is 7.11 Å². The van der Waals surface area contributed by atoms with Crippen molar-refractivity contribution >= 4 is 21.9 Å². The number of ether oxygens (including phenoxy) is 2. The van der Waals surface area contributed by atoms with Crippen LogP contribution in [0, 0.1) is 0 Å². The van der Waals surface area contributed by atoms with Crippen molar-refractivity contribution in [2.24, 2.45) is 0 Å². The smallest absolute Gasteiger partial charge is 0.344 e. The van der Waals surface area contributed by atoms with Gasteiger partial charge < -0.3 is 28.5 Å². The number of benzene rings is 4. The van der Waals surface area contributed by atoms with Gasteiger partial charge in [0.2, 0.25) is 0 Å². The number of fused-ring (bicyclic) bond motifs is 2. The van der Waals surface area contributed by atoms with Crippen molar-refractivity contribution in [2.45, 2.75) is 12.5 Å². The first-order chi connectivity index (χ1) is 20.0. The lowest BCUT2D eigenvalue weighted by Gasteiger charge is -2.21. The lowest BCUT2D eigenvalue weighted by molar-refractivity contribution is 0.284. The topological polar surface area (TPSA) is 119 Å². The summed E-state index contributed by atoms with van der Waals surface area (Å²) in [5, 5.41) is 23.3. The molecule has 2 aromatic heterocycles. The average molecular weight is 549 g/mol. The Labute approximate surface area is 233 Å². The van der Waals surface area contributed by atoms with E-state index in [0.29, 0.717) is 17.1 Å². The van der Waals surface area contributed by atoms with E-state index >= 15 is 0 Å². The molecule has 2 N–H and O–H groups in total. The molecule has 2 heterocycles. The van der Waals surface area contributed by atoms with Crippen molar-refractivity contribution < 1.29 is 28.5 Å². The lowest BCUT2D eigenvalue weighted by Crippen LogP contribution is -2.21. The predicted molar refractivity (Wildman–Crippen MR) is 153 cm³/mol. The highest BCUT2D eigenvalue weighted by atomic mass is 16.5. The fourth-order valence-corrected chi connectivity index (χ4v) is 5.00. The third-order valence-corrected chi connectivity index (χ3v) is 6.98. The van der Waals surface area contributed by atoms with Crippen LogP contribution in [0.2, 0.25) is 0 Å². The first kappa shape index (κ1) is 25.8. The van der Waals surface area contributed by atoms with E-state index in [2.05, 4.69) is 0 Å². The Bertz CT molecular complexity index is 1910. The second-order valence-corrected chi connectivity index (χ2v) is 9.41. The van der Waals surface area contributed by atoms with Gasteiger partial charge in [-0.2, -0.15) is 0 Å². The molecule has 0 amide bonds. The second kappa shape index (κ2) is 10.6. The van der Waals surface area contributed by atoms with E-state index in [9.17, 15) is 19.8 Å². The molecule has 0 unspecified atom stereocenters. The van der Waals surface area contributed by atoms with E-state index in [1.54, 1.807) is 66.7 Å². The third kappa shape index (κ3) is 4.65. The first-order valence-corrected chi connectivity index (χ1v) is 12.8. The van der Waals surface area contributed by atoms with Crippen LogP contribution in [-0.2, 0) is 6.61 Å².